The molecule has 0 heterocycles. The number of allylic oxidation sites excluding steroid dienone is 8. The monoisotopic (exact) mass is 452 g/mol. The molecule has 3 rings (SSSR count). The maximum Gasteiger partial charge on any atom is 0.0825 e. The molecule has 0 radical (unpaired) electrons. The summed E-state index contributed by atoms with van der Waals surface area (Å²) in [6, 6.07) is 0. The Hall–Kier alpha value is -1.68. The number of fused-ring (bicyclic) bond motifs is 1. The van der Waals surface area contributed by atoms with E-state index >= 15 is 0 Å². The van der Waals surface area contributed by atoms with Gasteiger partial charge >= 0.3 is 0 Å². The molecule has 3 aliphatic rings. The molecule has 33 heavy (non-hydrogen) atoms. The predicted molar refractivity (Wildman–Crippen MR) is 138 cm³/mol. The van der Waals surface area contributed by atoms with Gasteiger partial charge in [-0.05, 0) is 73.3 Å². The van der Waals surface area contributed by atoms with E-state index in [4.69, 9.17) is 0 Å². The second-order valence-corrected chi connectivity index (χ2v) is 10.6. The lowest BCUT2D eigenvalue weighted by molar-refractivity contribution is 0.0827. The van der Waals surface area contributed by atoms with Crippen LogP contribution in [0.15, 0.2) is 71.4 Å². The maximum atomic E-state index is 10.4. The Kier molecular flexibility index (Phi) is 8.42. The van der Waals surface area contributed by atoms with Crippen molar-refractivity contribution in [2.24, 2.45) is 17.3 Å². The molecule has 5 atom stereocenters. The summed E-state index contributed by atoms with van der Waals surface area (Å²) in [5.74, 6) is 0.878. The lowest BCUT2D eigenvalue weighted by Crippen LogP contribution is -2.32. The Bertz CT molecular complexity index is 867. The molecule has 182 valence electrons. The van der Waals surface area contributed by atoms with Gasteiger partial charge in [-0.2, -0.15) is 0 Å². The third-order valence-electron chi connectivity index (χ3n) is 8.51. The van der Waals surface area contributed by atoms with Gasteiger partial charge in [-0.25, -0.2) is 0 Å². The van der Waals surface area contributed by atoms with Gasteiger partial charge in [0.1, 0.15) is 0 Å². The van der Waals surface area contributed by atoms with Crippen LogP contribution in [0.1, 0.15) is 79.1 Å². The highest BCUT2D eigenvalue weighted by Gasteiger charge is 2.45. The first kappa shape index (κ1) is 25.9. The Morgan fingerprint density at radius 3 is 2.64 bits per heavy atom. The summed E-state index contributed by atoms with van der Waals surface area (Å²) in [6.07, 6.45) is 21.0. The number of hydrogen-bond donors (Lipinski definition) is 3. The van der Waals surface area contributed by atoms with Crippen molar-refractivity contribution in [1.29, 1.82) is 0 Å². The van der Waals surface area contributed by atoms with Crippen molar-refractivity contribution in [3.63, 3.8) is 0 Å². The van der Waals surface area contributed by atoms with Crippen molar-refractivity contribution in [1.82, 2.24) is 0 Å². The van der Waals surface area contributed by atoms with Crippen molar-refractivity contribution >= 4 is 0 Å². The smallest absolute Gasteiger partial charge is 0.0825 e. The van der Waals surface area contributed by atoms with Crippen LogP contribution in [0.3, 0.4) is 0 Å². The molecule has 3 nitrogen and oxygen atoms in total. The van der Waals surface area contributed by atoms with Gasteiger partial charge in [-0.3, -0.25) is 0 Å². The molecule has 0 spiro atoms. The van der Waals surface area contributed by atoms with E-state index in [9.17, 15) is 15.3 Å². The minimum absolute atomic E-state index is 0.173. The Morgan fingerprint density at radius 2 is 1.94 bits per heavy atom. The van der Waals surface area contributed by atoms with Crippen molar-refractivity contribution in [2.75, 3.05) is 0 Å². The van der Waals surface area contributed by atoms with Gasteiger partial charge in [0, 0.05) is 6.42 Å². The quantitative estimate of drug-likeness (QED) is 0.312. The molecule has 2 saturated carbocycles. The molecule has 0 bridgehead atoms. The van der Waals surface area contributed by atoms with Gasteiger partial charge in [0.2, 0.25) is 0 Å². The van der Waals surface area contributed by atoms with Crippen molar-refractivity contribution < 1.29 is 15.3 Å². The third kappa shape index (κ3) is 5.70. The molecule has 0 saturated heterocycles. The van der Waals surface area contributed by atoms with Gasteiger partial charge in [0.05, 0.1) is 17.8 Å². The minimum atomic E-state index is -0.704. The van der Waals surface area contributed by atoms with Crippen LogP contribution in [0.2, 0.25) is 0 Å². The minimum Gasteiger partial charge on any atom is -0.393 e. The summed E-state index contributed by atoms with van der Waals surface area (Å²) in [4.78, 5) is 0. The Balaban J connectivity index is 1.73. The van der Waals surface area contributed by atoms with E-state index in [1.165, 1.54) is 24.0 Å². The van der Waals surface area contributed by atoms with Crippen LogP contribution in [0.4, 0.5) is 0 Å². The molecule has 0 aromatic carbocycles. The fourth-order valence-electron chi connectivity index (χ4n) is 6.08. The normalized spacial score (nSPS) is 34.5. The van der Waals surface area contributed by atoms with Crippen LogP contribution in [-0.4, -0.2) is 33.1 Å². The van der Waals surface area contributed by atoms with Gasteiger partial charge in [-0.15, -0.1) is 0 Å². The van der Waals surface area contributed by atoms with Gasteiger partial charge in [0.15, 0.2) is 0 Å². The highest BCUT2D eigenvalue weighted by Crippen LogP contribution is 2.56. The largest absolute Gasteiger partial charge is 0.393 e. The van der Waals surface area contributed by atoms with Crippen LogP contribution in [0, 0.1) is 17.3 Å². The summed E-state index contributed by atoms with van der Waals surface area (Å²) in [5, 5.41) is 30.7. The Morgan fingerprint density at radius 1 is 1.21 bits per heavy atom. The topological polar surface area (TPSA) is 60.7 Å². The van der Waals surface area contributed by atoms with Gasteiger partial charge < -0.3 is 15.3 Å². The fraction of sp³-hybridized carbons (Fsp3) is 0.600. The second kappa shape index (κ2) is 10.7. The molecule has 0 amide bonds. The molecule has 0 unspecified atom stereocenters. The van der Waals surface area contributed by atoms with Crippen LogP contribution in [-0.2, 0) is 0 Å². The first-order valence-corrected chi connectivity index (χ1v) is 12.9. The molecular formula is C30H44O3. The summed E-state index contributed by atoms with van der Waals surface area (Å²) >= 11 is 0. The lowest BCUT2D eigenvalue weighted by Gasteiger charge is -2.42. The molecule has 2 fully saturated rings. The van der Waals surface area contributed by atoms with Crippen LogP contribution in [0.5, 0.6) is 0 Å². The average molecular weight is 453 g/mol. The van der Waals surface area contributed by atoms with Gasteiger partial charge in [0.25, 0.3) is 0 Å². The Labute approximate surface area is 201 Å². The maximum absolute atomic E-state index is 10.4. The SMILES string of the molecule is C=C1/C(=C\C=C2/CCC[C@]3(C)C([C@H](C)/C=C/C=C/C(O)(CC)CC)=CC[C@@H]23)C[C@@H](O)C[C@@H]1O. The van der Waals surface area contributed by atoms with E-state index in [2.05, 4.69) is 50.8 Å². The van der Waals surface area contributed by atoms with Crippen molar-refractivity contribution in [2.45, 2.75) is 96.9 Å². The zero-order chi connectivity index (χ0) is 24.2. The highest BCUT2D eigenvalue weighted by molar-refractivity contribution is 5.40. The number of aliphatic hydroxyl groups excluding tert-OH is 2. The molecular weight excluding hydrogens is 408 g/mol. The first-order chi connectivity index (χ1) is 15.6. The third-order valence-corrected chi connectivity index (χ3v) is 8.51. The van der Waals surface area contributed by atoms with Crippen LogP contribution >= 0.6 is 0 Å². The summed E-state index contributed by atoms with van der Waals surface area (Å²) in [6.45, 7) is 12.8. The van der Waals surface area contributed by atoms with Gasteiger partial charge in [-0.1, -0.05) is 88.0 Å². The molecule has 0 aliphatic heterocycles. The van der Waals surface area contributed by atoms with E-state index in [-0.39, 0.29) is 5.41 Å². The lowest BCUT2D eigenvalue weighted by atomic mass is 9.62. The highest BCUT2D eigenvalue weighted by atomic mass is 16.3. The molecule has 0 aromatic heterocycles. The molecule has 3 N–H and O–H groups in total. The summed E-state index contributed by atoms with van der Waals surface area (Å²) in [7, 11) is 0. The van der Waals surface area contributed by atoms with Crippen LogP contribution in [0.25, 0.3) is 0 Å². The first-order valence-electron chi connectivity index (χ1n) is 12.9. The van der Waals surface area contributed by atoms with E-state index in [0.717, 1.165) is 36.8 Å². The molecule has 0 aromatic rings. The van der Waals surface area contributed by atoms with E-state index in [1.54, 1.807) is 0 Å². The summed E-state index contributed by atoms with van der Waals surface area (Å²) in [5.41, 5.74) is 4.22. The number of aliphatic hydroxyl groups is 3. The zero-order valence-electron chi connectivity index (χ0n) is 21.1. The average Bonchev–Trinajstić information content (AvgIpc) is 3.15. The standard InChI is InChI=1S/C30H44O3/c1-6-30(33,7-2)18-9-8-11-21(3)26-15-16-27-23(12-10-17-29(26,27)5)13-14-24-19-25(31)20-28(32)22(24)4/h8-9,11,13-15,18,21,25,27-28,31-33H,4,6-7,10,12,16-17,19-20H2,1-3,5H3/b11-8+,18-9+,23-13+,24-14-/t21-,25-,27+,28+,29-/m1/s1. The zero-order valence-corrected chi connectivity index (χ0v) is 21.1. The number of hydrogen-bond acceptors (Lipinski definition) is 3. The molecule has 3 heteroatoms. The molecule has 3 aliphatic carbocycles. The van der Waals surface area contributed by atoms with Crippen molar-refractivity contribution in [3.8, 4) is 0 Å². The fourth-order valence-corrected chi connectivity index (χ4v) is 6.08. The van der Waals surface area contributed by atoms with E-state index in [0.29, 0.717) is 24.7 Å². The predicted octanol–water partition coefficient (Wildman–Crippen LogP) is 6.35. The van der Waals surface area contributed by atoms with E-state index < -0.39 is 17.8 Å². The number of rotatable bonds is 7. The second-order valence-electron chi connectivity index (χ2n) is 10.6. The van der Waals surface area contributed by atoms with E-state index in [1.807, 2.05) is 26.0 Å². The summed E-state index contributed by atoms with van der Waals surface area (Å²) < 4.78 is 0. The van der Waals surface area contributed by atoms with Crippen molar-refractivity contribution in [3.05, 3.63) is 71.4 Å². The van der Waals surface area contributed by atoms with Crippen LogP contribution < -0.4 is 0 Å².